The van der Waals surface area contributed by atoms with E-state index >= 15 is 0 Å². The second-order valence-corrected chi connectivity index (χ2v) is 4.76. The van der Waals surface area contributed by atoms with Crippen LogP contribution >= 0.6 is 0 Å². The predicted molar refractivity (Wildman–Crippen MR) is 58.7 cm³/mol. The van der Waals surface area contributed by atoms with Crippen LogP contribution in [0.5, 0.6) is 0 Å². The molecule has 4 heteroatoms. The maximum atomic E-state index is 11.9. The molecule has 2 rings (SSSR count). The van der Waals surface area contributed by atoms with Crippen LogP contribution in [0.1, 0.15) is 19.3 Å². The Morgan fingerprint density at radius 1 is 1.31 bits per heavy atom. The summed E-state index contributed by atoms with van der Waals surface area (Å²) in [4.78, 5) is 23.1. The molecule has 0 saturated heterocycles. The molecule has 0 radical (unpaired) electrons. The predicted octanol–water partition coefficient (Wildman–Crippen LogP) is 1.04. The molecule has 0 heterocycles. The first-order valence-corrected chi connectivity index (χ1v) is 5.76. The number of carbonyl (C=O) groups excluding carboxylic acids is 1. The number of fused-ring (bicyclic) bond motifs is 2. The summed E-state index contributed by atoms with van der Waals surface area (Å²) in [6, 6.07) is 0. The van der Waals surface area contributed by atoms with Crippen molar-refractivity contribution in [3.05, 3.63) is 12.7 Å². The Balaban J connectivity index is 2.09. The van der Waals surface area contributed by atoms with Crippen LogP contribution in [0, 0.1) is 23.7 Å². The van der Waals surface area contributed by atoms with Crippen molar-refractivity contribution < 1.29 is 14.7 Å². The highest BCUT2D eigenvalue weighted by Gasteiger charge is 2.53. The zero-order chi connectivity index (χ0) is 11.7. The van der Waals surface area contributed by atoms with Crippen LogP contribution in [0.3, 0.4) is 0 Å². The number of carboxylic acid groups (broad SMARTS) is 1. The maximum Gasteiger partial charge on any atom is 0.307 e. The summed E-state index contributed by atoms with van der Waals surface area (Å²) < 4.78 is 0. The summed E-state index contributed by atoms with van der Waals surface area (Å²) in [7, 11) is 0. The third-order valence-corrected chi connectivity index (χ3v) is 3.92. The Kier molecular flexibility index (Phi) is 2.99. The van der Waals surface area contributed by atoms with Gasteiger partial charge in [0.15, 0.2) is 0 Å². The highest BCUT2D eigenvalue weighted by atomic mass is 16.4. The van der Waals surface area contributed by atoms with Gasteiger partial charge in [-0.3, -0.25) is 9.59 Å². The topological polar surface area (TPSA) is 66.4 Å². The summed E-state index contributed by atoms with van der Waals surface area (Å²) >= 11 is 0. The molecule has 2 fully saturated rings. The zero-order valence-corrected chi connectivity index (χ0v) is 9.19. The van der Waals surface area contributed by atoms with Crippen molar-refractivity contribution in [2.75, 3.05) is 6.54 Å². The molecule has 4 atom stereocenters. The molecule has 2 saturated carbocycles. The van der Waals surface area contributed by atoms with Crippen LogP contribution in [-0.2, 0) is 9.59 Å². The van der Waals surface area contributed by atoms with Crippen molar-refractivity contribution in [3.8, 4) is 0 Å². The average Bonchev–Trinajstić information content (AvgIpc) is 2.84. The number of nitrogens with one attached hydrogen (secondary N) is 1. The third-order valence-electron chi connectivity index (χ3n) is 3.92. The van der Waals surface area contributed by atoms with Crippen LogP contribution in [0.2, 0.25) is 0 Å². The van der Waals surface area contributed by atoms with Crippen molar-refractivity contribution >= 4 is 11.9 Å². The fourth-order valence-electron chi connectivity index (χ4n) is 3.31. The van der Waals surface area contributed by atoms with Gasteiger partial charge in [0.2, 0.25) is 5.91 Å². The summed E-state index contributed by atoms with van der Waals surface area (Å²) in [6.45, 7) is 3.95. The van der Waals surface area contributed by atoms with Crippen molar-refractivity contribution in [1.29, 1.82) is 0 Å². The van der Waals surface area contributed by atoms with Crippen LogP contribution in [0.4, 0.5) is 0 Å². The quantitative estimate of drug-likeness (QED) is 0.700. The summed E-state index contributed by atoms with van der Waals surface area (Å²) in [6.07, 6.45) is 4.48. The first kappa shape index (κ1) is 11.2. The number of hydrogen-bond donors (Lipinski definition) is 2. The lowest BCUT2D eigenvalue weighted by Crippen LogP contribution is -2.41. The maximum absolute atomic E-state index is 11.9. The zero-order valence-electron chi connectivity index (χ0n) is 9.19. The van der Waals surface area contributed by atoms with Gasteiger partial charge in [-0.25, -0.2) is 0 Å². The molecular formula is C12H17NO3. The minimum absolute atomic E-state index is 0.112. The van der Waals surface area contributed by atoms with Gasteiger partial charge in [0, 0.05) is 6.54 Å². The van der Waals surface area contributed by atoms with Gasteiger partial charge in [-0.15, -0.1) is 6.58 Å². The highest BCUT2D eigenvalue weighted by molar-refractivity contribution is 5.86. The number of rotatable bonds is 4. The van der Waals surface area contributed by atoms with Gasteiger partial charge in [0.05, 0.1) is 11.8 Å². The van der Waals surface area contributed by atoms with Crippen LogP contribution in [0.15, 0.2) is 12.7 Å². The molecule has 0 unspecified atom stereocenters. The smallest absolute Gasteiger partial charge is 0.307 e. The monoisotopic (exact) mass is 223 g/mol. The Morgan fingerprint density at radius 2 is 1.94 bits per heavy atom. The third kappa shape index (κ3) is 1.72. The van der Waals surface area contributed by atoms with Crippen LogP contribution in [0.25, 0.3) is 0 Å². The fourth-order valence-corrected chi connectivity index (χ4v) is 3.31. The summed E-state index contributed by atoms with van der Waals surface area (Å²) in [5.74, 6) is -1.23. The Bertz CT molecular complexity index is 326. The van der Waals surface area contributed by atoms with Crippen LogP contribution < -0.4 is 5.32 Å². The average molecular weight is 223 g/mol. The Morgan fingerprint density at radius 3 is 2.50 bits per heavy atom. The number of hydrogen-bond acceptors (Lipinski definition) is 2. The minimum atomic E-state index is -0.814. The van der Waals surface area contributed by atoms with Crippen molar-refractivity contribution in [1.82, 2.24) is 5.32 Å². The fraction of sp³-hybridized carbons (Fsp3) is 0.667. The highest BCUT2D eigenvalue weighted by Crippen LogP contribution is 2.52. The second-order valence-electron chi connectivity index (χ2n) is 4.76. The van der Waals surface area contributed by atoms with Gasteiger partial charge >= 0.3 is 5.97 Å². The van der Waals surface area contributed by atoms with E-state index in [1.807, 2.05) is 0 Å². The summed E-state index contributed by atoms with van der Waals surface area (Å²) in [5.41, 5.74) is 0. The van der Waals surface area contributed by atoms with Crippen molar-refractivity contribution in [2.24, 2.45) is 23.7 Å². The molecule has 0 spiro atoms. The van der Waals surface area contributed by atoms with E-state index in [1.165, 1.54) is 0 Å². The molecule has 4 nitrogen and oxygen atoms in total. The van der Waals surface area contributed by atoms with Gasteiger partial charge in [-0.05, 0) is 31.1 Å². The van der Waals surface area contributed by atoms with E-state index in [-0.39, 0.29) is 23.7 Å². The molecular weight excluding hydrogens is 206 g/mol. The SMILES string of the molecule is C=CCNC(=O)[C@@H]1[C@@H]2CC[C@@H](C2)[C@@H]1C(=O)O. The number of carbonyl (C=O) groups is 2. The molecule has 16 heavy (non-hydrogen) atoms. The normalized spacial score (nSPS) is 36.0. The van der Waals surface area contributed by atoms with Crippen molar-refractivity contribution in [2.45, 2.75) is 19.3 Å². The van der Waals surface area contributed by atoms with E-state index in [2.05, 4.69) is 11.9 Å². The standard InChI is InChI=1S/C12H17NO3/c1-2-5-13-11(14)9-7-3-4-8(6-7)10(9)12(15)16/h2,7-10H,1,3-6H2,(H,13,14)(H,15,16)/t7-,8+,9-,10+/m1/s1. The molecule has 2 aliphatic rings. The largest absolute Gasteiger partial charge is 0.481 e. The van der Waals surface area contributed by atoms with Gasteiger partial charge in [0.1, 0.15) is 0 Å². The lowest BCUT2D eigenvalue weighted by Gasteiger charge is -2.26. The van der Waals surface area contributed by atoms with E-state index in [1.54, 1.807) is 6.08 Å². The number of carboxylic acids is 1. The molecule has 0 aliphatic heterocycles. The van der Waals surface area contributed by atoms with Crippen LogP contribution in [-0.4, -0.2) is 23.5 Å². The minimum Gasteiger partial charge on any atom is -0.481 e. The molecule has 2 bridgehead atoms. The van der Waals surface area contributed by atoms with Gasteiger partial charge < -0.3 is 10.4 Å². The number of aliphatic carboxylic acids is 1. The second kappa shape index (κ2) is 4.28. The van der Waals surface area contributed by atoms with Gasteiger partial charge in [-0.2, -0.15) is 0 Å². The molecule has 2 N–H and O–H groups in total. The van der Waals surface area contributed by atoms with E-state index < -0.39 is 11.9 Å². The molecule has 0 aromatic heterocycles. The molecule has 0 aromatic carbocycles. The van der Waals surface area contributed by atoms with Gasteiger partial charge in [-0.1, -0.05) is 6.08 Å². The van der Waals surface area contributed by atoms with Gasteiger partial charge in [0.25, 0.3) is 0 Å². The molecule has 1 amide bonds. The van der Waals surface area contributed by atoms with E-state index in [0.717, 1.165) is 19.3 Å². The summed E-state index contributed by atoms with van der Waals surface area (Å²) in [5, 5.41) is 11.9. The first-order valence-electron chi connectivity index (χ1n) is 5.76. The molecule has 0 aromatic rings. The Hall–Kier alpha value is -1.32. The molecule has 2 aliphatic carbocycles. The van der Waals surface area contributed by atoms with Crippen molar-refractivity contribution in [3.63, 3.8) is 0 Å². The Labute approximate surface area is 94.7 Å². The lowest BCUT2D eigenvalue weighted by molar-refractivity contribution is -0.149. The number of amides is 1. The van der Waals surface area contributed by atoms with E-state index in [4.69, 9.17) is 0 Å². The lowest BCUT2D eigenvalue weighted by atomic mass is 9.79. The first-order chi connectivity index (χ1) is 7.65. The van der Waals surface area contributed by atoms with E-state index in [0.29, 0.717) is 6.54 Å². The van der Waals surface area contributed by atoms with E-state index in [9.17, 15) is 14.7 Å². The molecule has 88 valence electrons.